The second kappa shape index (κ2) is 5.93. The fourth-order valence-corrected chi connectivity index (χ4v) is 4.58. The monoisotopic (exact) mass is 371 g/mol. The number of halogens is 1. The zero-order chi connectivity index (χ0) is 14.1. The Labute approximate surface area is 133 Å². The predicted molar refractivity (Wildman–Crippen MR) is 86.2 cm³/mol. The van der Waals surface area contributed by atoms with E-state index >= 15 is 0 Å². The van der Waals surface area contributed by atoms with E-state index in [1.807, 2.05) is 21.7 Å². The first-order chi connectivity index (χ1) is 9.67. The first kappa shape index (κ1) is 14.2. The van der Waals surface area contributed by atoms with Crippen LogP contribution in [-0.2, 0) is 0 Å². The maximum Gasteiger partial charge on any atom is 0.273 e. The highest BCUT2D eigenvalue weighted by atomic mass is 79.9. The Kier molecular flexibility index (Phi) is 4.21. The molecule has 2 aromatic rings. The number of amides is 1. The number of rotatable bonds is 3. The standard InChI is InChI=1S/C13H14BrN3OS2/c14-9-3-11(19-6-9)12-16-10(7-20-12)13(18)17-2-1-8(4-15)5-17/h3,6-8H,1-2,4-5,15H2. The quantitative estimate of drug-likeness (QED) is 0.901. The molecule has 1 unspecified atom stereocenters. The summed E-state index contributed by atoms with van der Waals surface area (Å²) in [6, 6.07) is 2.03. The van der Waals surface area contributed by atoms with E-state index in [1.54, 1.807) is 11.3 Å². The molecule has 20 heavy (non-hydrogen) atoms. The highest BCUT2D eigenvalue weighted by molar-refractivity contribution is 9.10. The number of likely N-dealkylation sites (tertiary alicyclic amines) is 1. The molecular weight excluding hydrogens is 358 g/mol. The summed E-state index contributed by atoms with van der Waals surface area (Å²) < 4.78 is 1.05. The predicted octanol–water partition coefficient (Wildman–Crippen LogP) is 3.05. The molecule has 1 fully saturated rings. The van der Waals surface area contributed by atoms with E-state index < -0.39 is 0 Å². The molecule has 2 aromatic heterocycles. The van der Waals surface area contributed by atoms with Crippen LogP contribution in [0.25, 0.3) is 9.88 Å². The average molecular weight is 372 g/mol. The lowest BCUT2D eigenvalue weighted by Gasteiger charge is -2.14. The van der Waals surface area contributed by atoms with E-state index in [2.05, 4.69) is 20.9 Å². The SMILES string of the molecule is NCC1CCN(C(=O)c2csc(-c3cc(Br)cs3)n2)C1. The van der Waals surface area contributed by atoms with Gasteiger partial charge in [-0.05, 0) is 40.9 Å². The number of nitrogens with zero attached hydrogens (tertiary/aromatic N) is 2. The minimum absolute atomic E-state index is 0.0269. The summed E-state index contributed by atoms with van der Waals surface area (Å²) >= 11 is 6.57. The van der Waals surface area contributed by atoms with E-state index in [0.29, 0.717) is 18.2 Å². The smallest absolute Gasteiger partial charge is 0.273 e. The van der Waals surface area contributed by atoms with Crippen LogP contribution in [0.2, 0.25) is 0 Å². The van der Waals surface area contributed by atoms with Crippen molar-refractivity contribution in [1.82, 2.24) is 9.88 Å². The Bertz CT molecular complexity index is 625. The third-order valence-electron chi connectivity index (χ3n) is 3.41. The van der Waals surface area contributed by atoms with Gasteiger partial charge in [0.1, 0.15) is 10.7 Å². The Morgan fingerprint density at radius 1 is 1.50 bits per heavy atom. The van der Waals surface area contributed by atoms with Gasteiger partial charge in [0.2, 0.25) is 0 Å². The lowest BCUT2D eigenvalue weighted by atomic mass is 10.1. The lowest BCUT2D eigenvalue weighted by Crippen LogP contribution is -2.30. The van der Waals surface area contributed by atoms with E-state index in [4.69, 9.17) is 5.73 Å². The Morgan fingerprint density at radius 2 is 2.35 bits per heavy atom. The van der Waals surface area contributed by atoms with Crippen LogP contribution >= 0.6 is 38.6 Å². The molecule has 0 spiro atoms. The maximum absolute atomic E-state index is 12.4. The zero-order valence-corrected chi connectivity index (χ0v) is 13.9. The maximum atomic E-state index is 12.4. The molecule has 1 aliphatic heterocycles. The van der Waals surface area contributed by atoms with Crippen LogP contribution < -0.4 is 5.73 Å². The number of carbonyl (C=O) groups excluding carboxylic acids is 1. The summed E-state index contributed by atoms with van der Waals surface area (Å²) in [7, 11) is 0. The number of aromatic nitrogens is 1. The molecule has 106 valence electrons. The molecule has 0 radical (unpaired) electrons. The third-order valence-corrected chi connectivity index (χ3v) is 6.11. The molecule has 4 nitrogen and oxygen atoms in total. The molecule has 3 rings (SSSR count). The second-order valence-corrected chi connectivity index (χ2v) is 7.49. The molecule has 1 saturated heterocycles. The summed E-state index contributed by atoms with van der Waals surface area (Å²) in [5, 5.41) is 4.77. The van der Waals surface area contributed by atoms with Crippen LogP contribution in [0.4, 0.5) is 0 Å². The minimum Gasteiger partial charge on any atom is -0.337 e. The van der Waals surface area contributed by atoms with Gasteiger partial charge < -0.3 is 10.6 Å². The topological polar surface area (TPSA) is 59.2 Å². The van der Waals surface area contributed by atoms with Gasteiger partial charge in [0.15, 0.2) is 0 Å². The van der Waals surface area contributed by atoms with E-state index in [9.17, 15) is 4.79 Å². The molecule has 1 atom stereocenters. The number of carbonyl (C=O) groups is 1. The van der Waals surface area contributed by atoms with E-state index in [1.165, 1.54) is 11.3 Å². The molecule has 7 heteroatoms. The summed E-state index contributed by atoms with van der Waals surface area (Å²) in [5.74, 6) is 0.462. The number of hydrogen-bond acceptors (Lipinski definition) is 5. The summed E-state index contributed by atoms with van der Waals surface area (Å²) in [6.07, 6.45) is 0.997. The van der Waals surface area contributed by atoms with Crippen LogP contribution in [0, 0.1) is 5.92 Å². The van der Waals surface area contributed by atoms with Crippen molar-refractivity contribution in [3.05, 3.63) is 27.0 Å². The summed E-state index contributed by atoms with van der Waals surface area (Å²) in [5.41, 5.74) is 6.21. The van der Waals surface area contributed by atoms with Crippen molar-refractivity contribution < 1.29 is 4.79 Å². The van der Waals surface area contributed by atoms with E-state index in [-0.39, 0.29) is 5.91 Å². The number of thiophene rings is 1. The van der Waals surface area contributed by atoms with Crippen molar-refractivity contribution in [2.45, 2.75) is 6.42 Å². The minimum atomic E-state index is 0.0269. The molecule has 2 N–H and O–H groups in total. The normalized spacial score (nSPS) is 18.7. The number of hydrogen-bond donors (Lipinski definition) is 1. The van der Waals surface area contributed by atoms with Crippen molar-refractivity contribution in [1.29, 1.82) is 0 Å². The molecule has 0 bridgehead atoms. The average Bonchev–Trinajstić information content (AvgIpc) is 3.17. The first-order valence-electron chi connectivity index (χ1n) is 6.36. The molecule has 1 amide bonds. The van der Waals surface area contributed by atoms with Crippen LogP contribution in [-0.4, -0.2) is 35.4 Å². The van der Waals surface area contributed by atoms with Gasteiger partial charge in [-0.2, -0.15) is 0 Å². The van der Waals surface area contributed by atoms with Gasteiger partial charge in [0.25, 0.3) is 5.91 Å². The molecule has 0 aliphatic carbocycles. The van der Waals surface area contributed by atoms with Gasteiger partial charge in [-0.1, -0.05) is 0 Å². The van der Waals surface area contributed by atoms with Crippen molar-refractivity contribution in [3.63, 3.8) is 0 Å². The molecule has 1 aliphatic rings. The largest absolute Gasteiger partial charge is 0.337 e. The fourth-order valence-electron chi connectivity index (χ4n) is 2.28. The van der Waals surface area contributed by atoms with Crippen LogP contribution in [0.3, 0.4) is 0 Å². The molecular formula is C13H14BrN3OS2. The Hall–Kier alpha value is -0.760. The van der Waals surface area contributed by atoms with Crippen molar-refractivity contribution in [2.75, 3.05) is 19.6 Å². The highest BCUT2D eigenvalue weighted by Gasteiger charge is 2.27. The number of nitrogens with two attached hydrogens (primary N) is 1. The number of thiazole rings is 1. The van der Waals surface area contributed by atoms with Gasteiger partial charge in [-0.25, -0.2) is 4.98 Å². The zero-order valence-electron chi connectivity index (χ0n) is 10.7. The van der Waals surface area contributed by atoms with Gasteiger partial charge in [-0.3, -0.25) is 4.79 Å². The fraction of sp³-hybridized carbons (Fsp3) is 0.385. The third kappa shape index (κ3) is 2.81. The highest BCUT2D eigenvalue weighted by Crippen LogP contribution is 2.32. The molecule has 3 heterocycles. The van der Waals surface area contributed by atoms with E-state index in [0.717, 1.165) is 33.9 Å². The molecule has 0 aromatic carbocycles. The Morgan fingerprint density at radius 3 is 3.00 bits per heavy atom. The van der Waals surface area contributed by atoms with Gasteiger partial charge in [0, 0.05) is 28.3 Å². The van der Waals surface area contributed by atoms with Crippen LogP contribution in [0.1, 0.15) is 16.9 Å². The molecule has 0 saturated carbocycles. The van der Waals surface area contributed by atoms with Crippen molar-refractivity contribution >= 4 is 44.5 Å². The van der Waals surface area contributed by atoms with Gasteiger partial charge in [-0.15, -0.1) is 22.7 Å². The summed E-state index contributed by atoms with van der Waals surface area (Å²) in [6.45, 7) is 2.19. The summed E-state index contributed by atoms with van der Waals surface area (Å²) in [4.78, 5) is 19.8. The lowest BCUT2D eigenvalue weighted by molar-refractivity contribution is 0.0783. The second-order valence-electron chi connectivity index (χ2n) is 4.81. The van der Waals surface area contributed by atoms with Gasteiger partial charge >= 0.3 is 0 Å². The van der Waals surface area contributed by atoms with Crippen molar-refractivity contribution in [3.8, 4) is 9.88 Å². The Balaban J connectivity index is 1.75. The van der Waals surface area contributed by atoms with Crippen molar-refractivity contribution in [2.24, 2.45) is 11.7 Å². The van der Waals surface area contributed by atoms with Crippen LogP contribution in [0.5, 0.6) is 0 Å². The van der Waals surface area contributed by atoms with Crippen LogP contribution in [0.15, 0.2) is 21.3 Å². The van der Waals surface area contributed by atoms with Gasteiger partial charge in [0.05, 0.1) is 4.88 Å². The first-order valence-corrected chi connectivity index (χ1v) is 8.92.